The first kappa shape index (κ1) is 18.2. The van der Waals surface area contributed by atoms with Crippen molar-refractivity contribution in [3.05, 3.63) is 36.0 Å². The minimum absolute atomic E-state index is 0.136. The average Bonchev–Trinajstić information content (AvgIpc) is 2.66. The number of ether oxygens (including phenoxy) is 2. The molecule has 0 aliphatic heterocycles. The molecule has 1 aromatic heterocycles. The Bertz CT molecular complexity index is 857. The Labute approximate surface area is 153 Å². The normalized spacial score (nSPS) is 22.3. The summed E-state index contributed by atoms with van der Waals surface area (Å²) in [6.07, 6.45) is 3.83. The predicted molar refractivity (Wildman–Crippen MR) is 98.7 cm³/mol. The molecule has 1 aromatic carbocycles. The van der Waals surface area contributed by atoms with E-state index in [1.54, 1.807) is 20.2 Å². The molecule has 5 nitrogen and oxygen atoms in total. The first-order valence-electron chi connectivity index (χ1n) is 8.89. The summed E-state index contributed by atoms with van der Waals surface area (Å²) >= 11 is 0. The van der Waals surface area contributed by atoms with Crippen LogP contribution in [-0.4, -0.2) is 35.4 Å². The van der Waals surface area contributed by atoms with Crippen LogP contribution in [0.2, 0.25) is 0 Å². The first-order chi connectivity index (χ1) is 12.5. The van der Waals surface area contributed by atoms with Crippen molar-refractivity contribution in [1.29, 1.82) is 0 Å². The number of methoxy groups -OCH3 is 1. The topological polar surface area (TPSA) is 68.7 Å². The van der Waals surface area contributed by atoms with Gasteiger partial charge in [0.05, 0.1) is 25.2 Å². The van der Waals surface area contributed by atoms with Gasteiger partial charge in [-0.1, -0.05) is 11.8 Å². The molecule has 0 atom stereocenters. The minimum Gasteiger partial charge on any atom is -0.497 e. The standard InChI is InChI=1S/C21H23NO4/c1-3-26-20(23)16-7-11-21(24,12-8-16)10-6-15-9-13-22-19-5-4-17(25-2)14-18(15)19/h4-5,9,13-14,16,24H,3,7-8,11-12H2,1-2H3/t16-,21-. The highest BCUT2D eigenvalue weighted by molar-refractivity contribution is 5.86. The Hall–Kier alpha value is -2.58. The molecule has 0 spiro atoms. The maximum absolute atomic E-state index is 11.8. The van der Waals surface area contributed by atoms with Crippen molar-refractivity contribution in [1.82, 2.24) is 4.98 Å². The van der Waals surface area contributed by atoms with Crippen molar-refractivity contribution in [2.24, 2.45) is 5.92 Å². The summed E-state index contributed by atoms with van der Waals surface area (Å²) in [7, 11) is 1.62. The number of fused-ring (bicyclic) bond motifs is 1. The maximum atomic E-state index is 11.8. The number of aliphatic hydroxyl groups is 1. The summed E-state index contributed by atoms with van der Waals surface area (Å²) in [4.78, 5) is 16.2. The van der Waals surface area contributed by atoms with Crippen molar-refractivity contribution in [3.8, 4) is 17.6 Å². The Balaban J connectivity index is 1.79. The lowest BCUT2D eigenvalue weighted by Gasteiger charge is -2.31. The number of hydrogen-bond acceptors (Lipinski definition) is 5. The monoisotopic (exact) mass is 353 g/mol. The highest BCUT2D eigenvalue weighted by Gasteiger charge is 2.35. The molecule has 0 saturated heterocycles. The Morgan fingerprint density at radius 2 is 2.12 bits per heavy atom. The second kappa shape index (κ2) is 7.76. The number of esters is 1. The van der Waals surface area contributed by atoms with Gasteiger partial charge in [-0.3, -0.25) is 9.78 Å². The van der Waals surface area contributed by atoms with Gasteiger partial charge in [-0.05, 0) is 56.9 Å². The number of aromatic nitrogens is 1. The lowest BCUT2D eigenvalue weighted by atomic mass is 9.79. The molecule has 3 rings (SSSR count). The van der Waals surface area contributed by atoms with Crippen LogP contribution in [-0.2, 0) is 9.53 Å². The molecule has 136 valence electrons. The molecule has 1 aliphatic carbocycles. The number of pyridine rings is 1. The fraction of sp³-hybridized carbons (Fsp3) is 0.429. The molecule has 0 unspecified atom stereocenters. The van der Waals surface area contributed by atoms with E-state index in [4.69, 9.17) is 9.47 Å². The van der Waals surface area contributed by atoms with Crippen LogP contribution in [0.3, 0.4) is 0 Å². The van der Waals surface area contributed by atoms with Crippen LogP contribution in [0.4, 0.5) is 0 Å². The SMILES string of the molecule is CCOC(=O)[C@H]1CC[C@@](O)(C#Cc2ccnc3ccc(OC)cc23)CC1. The molecular formula is C21H23NO4. The van der Waals surface area contributed by atoms with E-state index in [0.29, 0.717) is 32.3 Å². The van der Waals surface area contributed by atoms with E-state index in [-0.39, 0.29) is 11.9 Å². The highest BCUT2D eigenvalue weighted by atomic mass is 16.5. The first-order valence-corrected chi connectivity index (χ1v) is 8.89. The van der Waals surface area contributed by atoms with E-state index in [1.165, 1.54) is 0 Å². The van der Waals surface area contributed by atoms with E-state index in [9.17, 15) is 9.90 Å². The van der Waals surface area contributed by atoms with Gasteiger partial charge < -0.3 is 14.6 Å². The molecule has 2 aromatic rings. The van der Waals surface area contributed by atoms with E-state index in [1.807, 2.05) is 24.3 Å². The smallest absolute Gasteiger partial charge is 0.308 e. The molecule has 0 amide bonds. The number of carbonyl (C=O) groups is 1. The highest BCUT2D eigenvalue weighted by Crippen LogP contribution is 2.32. The van der Waals surface area contributed by atoms with E-state index >= 15 is 0 Å². The van der Waals surface area contributed by atoms with Crippen LogP contribution in [0.1, 0.15) is 38.2 Å². The summed E-state index contributed by atoms with van der Waals surface area (Å²) in [5.74, 6) is 6.56. The third-order valence-corrected chi connectivity index (χ3v) is 4.81. The third kappa shape index (κ3) is 3.97. The van der Waals surface area contributed by atoms with Gasteiger partial charge in [0.15, 0.2) is 0 Å². The summed E-state index contributed by atoms with van der Waals surface area (Å²) in [6.45, 7) is 2.19. The number of benzene rings is 1. The van der Waals surface area contributed by atoms with Gasteiger partial charge in [-0.25, -0.2) is 0 Å². The van der Waals surface area contributed by atoms with E-state index < -0.39 is 5.60 Å². The molecule has 5 heteroatoms. The van der Waals surface area contributed by atoms with Crippen LogP contribution < -0.4 is 4.74 Å². The summed E-state index contributed by atoms with van der Waals surface area (Å²) in [5.41, 5.74) is 0.558. The van der Waals surface area contributed by atoms with Crippen molar-refractivity contribution in [3.63, 3.8) is 0 Å². The molecule has 0 radical (unpaired) electrons. The molecule has 1 aliphatic rings. The second-order valence-electron chi connectivity index (χ2n) is 6.55. The van der Waals surface area contributed by atoms with Gasteiger partial charge in [-0.2, -0.15) is 0 Å². The Morgan fingerprint density at radius 3 is 2.81 bits per heavy atom. The maximum Gasteiger partial charge on any atom is 0.308 e. The van der Waals surface area contributed by atoms with Gasteiger partial charge in [0.1, 0.15) is 11.4 Å². The average molecular weight is 353 g/mol. The zero-order valence-electron chi connectivity index (χ0n) is 15.1. The molecule has 0 bridgehead atoms. The van der Waals surface area contributed by atoms with Gasteiger partial charge in [0.2, 0.25) is 0 Å². The number of carbonyl (C=O) groups excluding carboxylic acids is 1. The molecule has 1 N–H and O–H groups in total. The van der Waals surface area contributed by atoms with Crippen molar-refractivity contribution < 1.29 is 19.4 Å². The molecular weight excluding hydrogens is 330 g/mol. The lowest BCUT2D eigenvalue weighted by Crippen LogP contribution is -2.35. The predicted octanol–water partition coefficient (Wildman–Crippen LogP) is 3.08. The fourth-order valence-corrected chi connectivity index (χ4v) is 3.26. The summed E-state index contributed by atoms with van der Waals surface area (Å²) in [5, 5.41) is 11.7. The molecule has 1 fully saturated rings. The van der Waals surface area contributed by atoms with Crippen molar-refractivity contribution in [2.75, 3.05) is 13.7 Å². The Kier molecular flexibility index (Phi) is 5.43. The number of nitrogens with zero attached hydrogens (tertiary/aromatic N) is 1. The van der Waals surface area contributed by atoms with E-state index in [0.717, 1.165) is 22.2 Å². The molecule has 26 heavy (non-hydrogen) atoms. The summed E-state index contributed by atoms with van der Waals surface area (Å²) < 4.78 is 10.3. The second-order valence-corrected chi connectivity index (χ2v) is 6.55. The van der Waals surface area contributed by atoms with Crippen LogP contribution >= 0.6 is 0 Å². The summed E-state index contributed by atoms with van der Waals surface area (Å²) in [6, 6.07) is 7.48. The quantitative estimate of drug-likeness (QED) is 0.678. The van der Waals surface area contributed by atoms with Gasteiger partial charge in [0.25, 0.3) is 0 Å². The number of rotatable bonds is 3. The van der Waals surface area contributed by atoms with Crippen molar-refractivity contribution in [2.45, 2.75) is 38.2 Å². The van der Waals surface area contributed by atoms with E-state index in [2.05, 4.69) is 16.8 Å². The number of hydrogen-bond donors (Lipinski definition) is 1. The van der Waals surface area contributed by atoms with Gasteiger partial charge in [0, 0.05) is 17.1 Å². The molecule has 1 saturated carbocycles. The van der Waals surface area contributed by atoms with Crippen LogP contribution in [0, 0.1) is 17.8 Å². The zero-order valence-corrected chi connectivity index (χ0v) is 15.1. The fourth-order valence-electron chi connectivity index (χ4n) is 3.26. The third-order valence-electron chi connectivity index (χ3n) is 4.81. The van der Waals surface area contributed by atoms with Crippen LogP contribution in [0.15, 0.2) is 30.5 Å². The Morgan fingerprint density at radius 1 is 1.35 bits per heavy atom. The molecule has 1 heterocycles. The van der Waals surface area contributed by atoms with Gasteiger partial charge in [-0.15, -0.1) is 0 Å². The lowest BCUT2D eigenvalue weighted by molar-refractivity contribution is -0.150. The van der Waals surface area contributed by atoms with Crippen molar-refractivity contribution >= 4 is 16.9 Å². The minimum atomic E-state index is -1.07. The zero-order chi connectivity index (χ0) is 18.6. The van der Waals surface area contributed by atoms with Gasteiger partial charge >= 0.3 is 5.97 Å². The largest absolute Gasteiger partial charge is 0.497 e. The van der Waals surface area contributed by atoms with Crippen LogP contribution in [0.5, 0.6) is 5.75 Å². The van der Waals surface area contributed by atoms with Crippen LogP contribution in [0.25, 0.3) is 10.9 Å².